The Hall–Kier alpha value is -3.93. The number of halogens is 1. The van der Waals surface area contributed by atoms with Crippen LogP contribution in [-0.4, -0.2) is 62.5 Å². The number of carbonyl (C=O) groups is 1. The minimum atomic E-state index is -4.16. The number of hydrogen-bond acceptors (Lipinski definition) is 8. The topological polar surface area (TPSA) is 126 Å². The smallest absolute Gasteiger partial charge is 0.263 e. The molecule has 5 rings (SSSR count). The molecule has 0 spiro atoms. The second-order valence-corrected chi connectivity index (χ2v) is 11.9. The van der Waals surface area contributed by atoms with Crippen LogP contribution in [0.5, 0.6) is 5.75 Å². The highest BCUT2D eigenvalue weighted by Crippen LogP contribution is 2.32. The fourth-order valence-electron chi connectivity index (χ4n) is 4.72. The van der Waals surface area contributed by atoms with Gasteiger partial charge >= 0.3 is 0 Å². The first kappa shape index (κ1) is 28.6. The number of likely N-dealkylation sites (tertiary alicyclic amines) is 1. The van der Waals surface area contributed by atoms with Crippen LogP contribution in [0.3, 0.4) is 0 Å². The monoisotopic (exact) mass is 594 g/mol. The number of benzene rings is 3. The molecule has 3 N–H and O–H groups in total. The highest BCUT2D eigenvalue weighted by Gasteiger charge is 2.23. The summed E-state index contributed by atoms with van der Waals surface area (Å²) in [6.07, 6.45) is 3.29. The van der Waals surface area contributed by atoms with E-state index >= 15 is 0 Å². The normalized spacial score (nSPS) is 15.8. The number of nitrogens with zero attached hydrogens (tertiary/aromatic N) is 3. The Morgan fingerprint density at radius 3 is 2.51 bits per heavy atom. The maximum atomic E-state index is 13.5. The van der Waals surface area contributed by atoms with Crippen molar-refractivity contribution in [3.8, 4) is 5.75 Å². The standard InChI is InChI=1S/C29H31ClN6O4S/c1-36-15-6-5-9-20(36)18-31-29(37)19-8-7-10-22(16-19)41(38,39)35-28-27(32-24-11-3-4-12-25(24)33-28)34-26-17-21(40-2)13-14-23(26)30/h3-4,7-8,10-14,16-17,20H,5-6,9,15,18H2,1-2H3,(H,31,37)(H,32,34)(H,33,35). The molecule has 1 fully saturated rings. The first-order chi connectivity index (χ1) is 19.7. The van der Waals surface area contributed by atoms with Crippen molar-refractivity contribution in [3.63, 3.8) is 0 Å². The van der Waals surface area contributed by atoms with E-state index in [1.54, 1.807) is 42.5 Å². The number of rotatable bonds is 9. The number of hydrogen-bond donors (Lipinski definition) is 3. The van der Waals surface area contributed by atoms with Gasteiger partial charge in [0.25, 0.3) is 15.9 Å². The summed E-state index contributed by atoms with van der Waals surface area (Å²) < 4.78 is 34.9. The van der Waals surface area contributed by atoms with Gasteiger partial charge in [0, 0.05) is 24.2 Å². The molecule has 1 aliphatic rings. The van der Waals surface area contributed by atoms with Gasteiger partial charge in [-0.25, -0.2) is 18.4 Å². The third-order valence-electron chi connectivity index (χ3n) is 7.05. The van der Waals surface area contributed by atoms with Crippen LogP contribution in [0.25, 0.3) is 11.0 Å². The second kappa shape index (κ2) is 12.3. The number of aromatic nitrogens is 2. The molecule has 1 unspecified atom stereocenters. The van der Waals surface area contributed by atoms with Crippen LogP contribution in [-0.2, 0) is 10.0 Å². The van der Waals surface area contributed by atoms with Crippen LogP contribution in [0, 0.1) is 0 Å². The SMILES string of the molecule is COc1ccc(Cl)c(Nc2nc3ccccc3nc2NS(=O)(=O)c2cccc(C(=O)NCC3CCCCN3C)c2)c1. The van der Waals surface area contributed by atoms with Crippen LogP contribution in [0.4, 0.5) is 17.3 Å². The van der Waals surface area contributed by atoms with Gasteiger partial charge in [0.2, 0.25) is 0 Å². The van der Waals surface area contributed by atoms with E-state index in [4.69, 9.17) is 16.3 Å². The molecule has 4 aromatic rings. The van der Waals surface area contributed by atoms with Gasteiger partial charge in [-0.15, -0.1) is 0 Å². The molecule has 10 nitrogen and oxygen atoms in total. The number of para-hydroxylation sites is 2. The molecule has 0 radical (unpaired) electrons. The van der Waals surface area contributed by atoms with Gasteiger partial charge in [-0.3, -0.25) is 9.52 Å². The Morgan fingerprint density at radius 1 is 1.02 bits per heavy atom. The van der Waals surface area contributed by atoms with E-state index in [2.05, 4.69) is 37.3 Å². The van der Waals surface area contributed by atoms with E-state index in [0.717, 1.165) is 25.8 Å². The average molecular weight is 595 g/mol. The van der Waals surface area contributed by atoms with Crippen LogP contribution in [0.15, 0.2) is 71.6 Å². The van der Waals surface area contributed by atoms with Gasteiger partial charge in [0.1, 0.15) is 5.75 Å². The molecule has 12 heteroatoms. The number of anilines is 3. The zero-order chi connectivity index (χ0) is 29.0. The summed E-state index contributed by atoms with van der Waals surface area (Å²) in [5, 5.41) is 6.41. The van der Waals surface area contributed by atoms with E-state index in [9.17, 15) is 13.2 Å². The lowest BCUT2D eigenvalue weighted by Crippen LogP contribution is -2.44. The molecule has 1 aromatic heterocycles. The van der Waals surface area contributed by atoms with Crippen molar-refractivity contribution in [1.29, 1.82) is 0 Å². The number of nitrogens with one attached hydrogen (secondary N) is 3. The predicted octanol–water partition coefficient (Wildman–Crippen LogP) is 5.05. The molecule has 41 heavy (non-hydrogen) atoms. The Bertz CT molecular complexity index is 1680. The summed E-state index contributed by atoms with van der Waals surface area (Å²) in [7, 11) is -0.574. The molecule has 1 amide bonds. The average Bonchev–Trinajstić information content (AvgIpc) is 2.98. The third-order valence-corrected chi connectivity index (χ3v) is 8.72. The zero-order valence-electron chi connectivity index (χ0n) is 22.7. The lowest BCUT2D eigenvalue weighted by Gasteiger charge is -2.32. The number of fused-ring (bicyclic) bond motifs is 1. The molecule has 0 saturated carbocycles. The summed E-state index contributed by atoms with van der Waals surface area (Å²) in [4.78, 5) is 24.2. The molecule has 0 bridgehead atoms. The number of sulfonamides is 1. The molecule has 1 atom stereocenters. The van der Waals surface area contributed by atoms with E-state index < -0.39 is 10.0 Å². The van der Waals surface area contributed by atoms with E-state index in [1.165, 1.54) is 25.3 Å². The summed E-state index contributed by atoms with van der Waals surface area (Å²) in [5.74, 6) is 0.338. The number of piperidine rings is 1. The maximum absolute atomic E-state index is 13.5. The minimum Gasteiger partial charge on any atom is -0.497 e. The highest BCUT2D eigenvalue weighted by molar-refractivity contribution is 7.92. The van der Waals surface area contributed by atoms with E-state index in [0.29, 0.717) is 34.0 Å². The zero-order valence-corrected chi connectivity index (χ0v) is 24.3. The molecule has 1 aliphatic heterocycles. The summed E-state index contributed by atoms with van der Waals surface area (Å²) in [6.45, 7) is 1.50. The van der Waals surface area contributed by atoms with Crippen molar-refractivity contribution < 1.29 is 17.9 Å². The van der Waals surface area contributed by atoms with Crippen molar-refractivity contribution >= 4 is 55.9 Å². The molecular formula is C29H31ClN6O4S. The fourth-order valence-corrected chi connectivity index (χ4v) is 5.94. The van der Waals surface area contributed by atoms with Crippen LogP contribution < -0.4 is 20.1 Å². The van der Waals surface area contributed by atoms with Crippen LogP contribution >= 0.6 is 11.6 Å². The third kappa shape index (κ3) is 6.70. The lowest BCUT2D eigenvalue weighted by atomic mass is 10.0. The van der Waals surface area contributed by atoms with E-state index in [1.807, 2.05) is 6.07 Å². The Kier molecular flexibility index (Phi) is 8.57. The molecule has 0 aliphatic carbocycles. The summed E-state index contributed by atoms with van der Waals surface area (Å²) >= 11 is 6.39. The maximum Gasteiger partial charge on any atom is 0.263 e. The molecular weight excluding hydrogens is 564 g/mol. The minimum absolute atomic E-state index is 0.0298. The number of amides is 1. The first-order valence-corrected chi connectivity index (χ1v) is 15.1. The van der Waals surface area contributed by atoms with Crippen LogP contribution in [0.2, 0.25) is 5.02 Å². The van der Waals surface area contributed by atoms with E-state index in [-0.39, 0.29) is 34.0 Å². The fraction of sp³-hybridized carbons (Fsp3) is 0.276. The van der Waals surface area contributed by atoms with Crippen LogP contribution in [0.1, 0.15) is 29.6 Å². The largest absolute Gasteiger partial charge is 0.497 e. The van der Waals surface area contributed by atoms with Gasteiger partial charge in [0.15, 0.2) is 11.6 Å². The predicted molar refractivity (Wildman–Crippen MR) is 161 cm³/mol. The number of likely N-dealkylation sites (N-methyl/N-ethyl adjacent to an activating group) is 1. The highest BCUT2D eigenvalue weighted by atomic mass is 35.5. The molecule has 3 aromatic carbocycles. The first-order valence-electron chi connectivity index (χ1n) is 13.2. The molecule has 2 heterocycles. The quantitative estimate of drug-likeness (QED) is 0.246. The summed E-state index contributed by atoms with van der Waals surface area (Å²) in [5.41, 5.74) is 1.75. The van der Waals surface area contributed by atoms with Gasteiger partial charge in [-0.2, -0.15) is 0 Å². The van der Waals surface area contributed by atoms with Crippen molar-refractivity contribution in [1.82, 2.24) is 20.2 Å². The molecule has 1 saturated heterocycles. The van der Waals surface area contributed by atoms with Gasteiger partial charge in [-0.05, 0) is 68.9 Å². The Morgan fingerprint density at radius 2 is 1.78 bits per heavy atom. The van der Waals surface area contributed by atoms with Crippen molar-refractivity contribution in [2.75, 3.05) is 37.3 Å². The lowest BCUT2D eigenvalue weighted by molar-refractivity contribution is 0.0928. The van der Waals surface area contributed by atoms with Crippen molar-refractivity contribution in [2.45, 2.75) is 30.2 Å². The summed E-state index contributed by atoms with van der Waals surface area (Å²) in [6, 6.07) is 18.3. The number of ether oxygens (including phenoxy) is 1. The van der Waals surface area contributed by atoms with Gasteiger partial charge < -0.3 is 20.3 Å². The van der Waals surface area contributed by atoms with Crippen molar-refractivity contribution in [2.24, 2.45) is 0 Å². The number of methoxy groups -OCH3 is 1. The van der Waals surface area contributed by atoms with Gasteiger partial charge in [0.05, 0.1) is 33.7 Å². The number of carbonyl (C=O) groups excluding carboxylic acids is 1. The Labute approximate surface area is 244 Å². The van der Waals surface area contributed by atoms with Gasteiger partial charge in [-0.1, -0.05) is 36.2 Å². The molecule has 214 valence electrons. The second-order valence-electron chi connectivity index (χ2n) is 9.85. The Balaban J connectivity index is 1.41. The van der Waals surface area contributed by atoms with Crippen molar-refractivity contribution in [3.05, 3.63) is 77.3 Å².